The zero-order valence-corrected chi connectivity index (χ0v) is 61.6. The number of cyclic esters (lactones) is 20. The van der Waals surface area contributed by atoms with E-state index >= 15 is 0 Å². The van der Waals surface area contributed by atoms with E-state index in [0.717, 1.165) is 23.3 Å². The second-order valence-electron chi connectivity index (χ2n) is 30.9. The number of hydrogen-bond donors (Lipinski definition) is 0. The Morgan fingerprint density at radius 1 is 0.268 bits per heavy atom. The SMILES string of the molecule is O=C1CC(C2CC3C(=O)OC(=O)C3c3ccccc32)C(=O)O1.O=C1CC2(CC3C(=O)OC(=O)C3C(c3ccccc3)C2)C(=O)O1.O=C1CC2CC3C(=O)OC(=O)C3C2C(=O)O1.O=C1OC(=O)C2C1OC1C(=O)OC(=O)C12.O=C1OC(=O)C2CC3C(=O)OC(=O)C3CC12.O=c1oc(=O)c2c1oc1c(=O)oc(=O)c12.O=c1oc(=O)c2cc3c(=O)oc(=O)c3cc12. The summed E-state index contributed by atoms with van der Waals surface area (Å²) in [6.45, 7) is 0. The van der Waals surface area contributed by atoms with E-state index in [1.807, 2.05) is 42.5 Å². The van der Waals surface area contributed by atoms with Gasteiger partial charge in [-0.05, 0) is 85.1 Å². The van der Waals surface area contributed by atoms with Gasteiger partial charge in [0.2, 0.25) is 11.2 Å². The Morgan fingerprint density at radius 3 is 1.15 bits per heavy atom. The first-order valence-corrected chi connectivity index (χ1v) is 37.2. The van der Waals surface area contributed by atoms with Crippen LogP contribution in [0.1, 0.15) is 92.2 Å². The Balaban J connectivity index is 0.000000102. The zero-order valence-electron chi connectivity index (χ0n) is 61.6. The highest BCUT2D eigenvalue weighted by atomic mass is 16.7. The third-order valence-corrected chi connectivity index (χ3v) is 24.4. The van der Waals surface area contributed by atoms with E-state index in [1.54, 1.807) is 12.1 Å². The highest BCUT2D eigenvalue weighted by molar-refractivity contribution is 6.09. The van der Waals surface area contributed by atoms with Gasteiger partial charge in [0.15, 0.2) is 12.2 Å². The summed E-state index contributed by atoms with van der Waals surface area (Å²) in [4.78, 5) is 319. The van der Waals surface area contributed by atoms with Crippen molar-refractivity contribution >= 4 is 163 Å². The fourth-order valence-electron chi connectivity index (χ4n) is 18.9. The quantitative estimate of drug-likeness (QED) is 0.102. The van der Waals surface area contributed by atoms with Crippen LogP contribution in [0.5, 0.6) is 0 Å². The fraction of sp³-hybridized carbons (Fsp3) is 0.367. The molecule has 44 heteroatoms. The third kappa shape index (κ3) is 13.3. The van der Waals surface area contributed by atoms with Gasteiger partial charge in [-0.1, -0.05) is 54.6 Å². The van der Waals surface area contributed by atoms with Gasteiger partial charge in [-0.25, -0.2) is 47.9 Å². The third-order valence-electron chi connectivity index (χ3n) is 24.4. The number of carbonyl (C=O) groups is 20. The van der Waals surface area contributed by atoms with Crippen LogP contribution in [0.2, 0.25) is 0 Å². The topological polar surface area (TPSA) is 645 Å². The minimum Gasteiger partial charge on any atom is -0.440 e. The maximum atomic E-state index is 12.2. The Morgan fingerprint density at radius 2 is 0.659 bits per heavy atom. The maximum absolute atomic E-state index is 12.2. The summed E-state index contributed by atoms with van der Waals surface area (Å²) in [7, 11) is 0. The first-order valence-electron chi connectivity index (χ1n) is 37.2. The first kappa shape index (κ1) is 80.3. The van der Waals surface area contributed by atoms with Crippen molar-refractivity contribution in [2.24, 2.45) is 88.3 Å². The standard InChI is InChI=1S/C17H14O6.C16H12O6.C10H8O6.C10H2O6.C10H8O6.C8H4O7.C8O7/c18-12-8-17(16(21)22-12)6-10(9-4-2-1-3-5-9)13-11(7-17)14(19)23-15(13)20;17-12-6-10(14(18)21-12)9-5-11-13(16(20)22-15(11)19)8-4-2-1-3-7(8)9;2*11-7-3-1-4-6(10(14)16-8(4)12)2-5(3)9(13)15-7;11-5-2-3-1-4-7(6(3)9(13)15-5)10(14)16-8(4)12;2*9-5-1-2-4(8(12)15-6(2)10)13-3(1)7(11)14-5/h1-5,10-11,13H,6-8H2;1-4,9-11,13H,5-6H2;3-6H,1-2H2;1-2H;3-4,6-7H,1-2H2;1-4H;. The molecule has 123 heavy (non-hydrogen) atoms. The molecule has 0 radical (unpaired) electrons. The van der Waals surface area contributed by atoms with E-state index in [9.17, 15) is 134 Å². The van der Waals surface area contributed by atoms with Crippen LogP contribution in [0.15, 0.2) is 127 Å². The molecule has 3 aromatic carbocycles. The molecule has 11 saturated heterocycles. The van der Waals surface area contributed by atoms with Crippen LogP contribution in [0.4, 0.5) is 0 Å². The largest absolute Gasteiger partial charge is 0.440 e. The number of carbonyl (C=O) groups excluding carboxylic acids is 20. The summed E-state index contributed by atoms with van der Waals surface area (Å²) in [5.41, 5.74) is -6.80. The van der Waals surface area contributed by atoms with Crippen molar-refractivity contribution in [2.75, 3.05) is 0 Å². The lowest BCUT2D eigenvalue weighted by Gasteiger charge is -2.39. The van der Waals surface area contributed by atoms with Gasteiger partial charge in [0.1, 0.15) is 22.6 Å². The maximum Gasteiger partial charge on any atom is 0.383 e. The molecule has 8 aromatic rings. The predicted octanol–water partition coefficient (Wildman–Crippen LogP) is -2.05. The van der Waals surface area contributed by atoms with Crippen LogP contribution < -0.4 is 45.0 Å². The van der Waals surface area contributed by atoms with Gasteiger partial charge in [0.25, 0.3) is 0 Å². The minimum absolute atomic E-state index is 0.0121. The molecule has 20 atom stereocenters. The number of ether oxygens (including phenoxy) is 11. The molecule has 14 fully saturated rings. The zero-order chi connectivity index (χ0) is 87.4. The normalized spacial score (nSPS) is 31.6. The molecule has 11 aliphatic heterocycles. The van der Waals surface area contributed by atoms with Gasteiger partial charge in [-0.3, -0.25) is 86.3 Å². The highest BCUT2D eigenvalue weighted by Crippen LogP contribution is 2.58. The average molecular weight is 1700 g/mol. The van der Waals surface area contributed by atoms with Crippen LogP contribution in [-0.4, -0.2) is 132 Å². The minimum atomic E-state index is -1.13. The average Bonchev–Trinajstić information content (AvgIpc) is 1.59. The van der Waals surface area contributed by atoms with Gasteiger partial charge in [-0.2, -0.15) is 0 Å². The van der Waals surface area contributed by atoms with E-state index in [0.29, 0.717) is 24.8 Å². The number of furan rings is 5. The van der Waals surface area contributed by atoms with Crippen LogP contribution in [-0.2, 0) is 148 Å². The molecule has 5 aromatic heterocycles. The van der Waals surface area contributed by atoms with Crippen LogP contribution >= 0.6 is 0 Å². The number of hydrogen-bond acceptors (Lipinski definition) is 44. The molecule has 3 saturated carbocycles. The molecular formula is C79H48O44. The van der Waals surface area contributed by atoms with Crippen molar-refractivity contribution < 1.29 is 170 Å². The molecule has 15 aliphatic rings. The molecule has 0 N–H and O–H groups in total. The van der Waals surface area contributed by atoms with Gasteiger partial charge in [0.05, 0.1) is 111 Å². The van der Waals surface area contributed by atoms with Crippen LogP contribution in [0.3, 0.4) is 0 Å². The van der Waals surface area contributed by atoms with E-state index in [-0.39, 0.29) is 88.6 Å². The fourth-order valence-corrected chi connectivity index (χ4v) is 18.9. The van der Waals surface area contributed by atoms with Crippen molar-refractivity contribution in [1.29, 1.82) is 0 Å². The Kier molecular flexibility index (Phi) is 19.4. The van der Waals surface area contributed by atoms with Crippen molar-refractivity contribution in [3.05, 3.63) is 167 Å². The number of rotatable bonds is 2. The van der Waals surface area contributed by atoms with Crippen LogP contribution in [0.25, 0.3) is 43.5 Å². The van der Waals surface area contributed by atoms with Crippen molar-refractivity contribution in [3.8, 4) is 0 Å². The lowest BCUT2D eigenvalue weighted by atomic mass is 9.59. The second kappa shape index (κ2) is 29.7. The lowest BCUT2D eigenvalue weighted by Crippen LogP contribution is -2.42. The number of benzene rings is 3. The molecule has 0 amide bonds. The summed E-state index contributed by atoms with van der Waals surface area (Å²) in [5.74, 6) is -23.0. The van der Waals surface area contributed by atoms with E-state index < -0.39 is 276 Å². The molecule has 20 unspecified atom stereocenters. The lowest BCUT2D eigenvalue weighted by molar-refractivity contribution is -0.174. The van der Waals surface area contributed by atoms with Crippen molar-refractivity contribution in [2.45, 2.75) is 87.7 Å². The molecule has 628 valence electrons. The Labute approximate surface area is 673 Å². The van der Waals surface area contributed by atoms with Crippen molar-refractivity contribution in [3.63, 3.8) is 0 Å². The van der Waals surface area contributed by atoms with Crippen LogP contribution in [0, 0.1) is 88.3 Å². The molecule has 1 spiro atoms. The summed E-state index contributed by atoms with van der Waals surface area (Å²) in [5, 5.41) is -0.728. The van der Waals surface area contributed by atoms with Crippen molar-refractivity contribution in [1.82, 2.24) is 0 Å². The molecule has 23 rings (SSSR count). The monoisotopic (exact) mass is 1700 g/mol. The summed E-state index contributed by atoms with van der Waals surface area (Å²) >= 11 is 0. The van der Waals surface area contributed by atoms with E-state index in [2.05, 4.69) is 50.8 Å². The summed E-state index contributed by atoms with van der Waals surface area (Å²) < 4.78 is 72.3. The smallest absolute Gasteiger partial charge is 0.383 e. The molecular weight excluding hydrogens is 1650 g/mol. The van der Waals surface area contributed by atoms with E-state index in [4.69, 9.17) is 23.4 Å². The summed E-state index contributed by atoms with van der Waals surface area (Å²) in [6, 6.07) is 18.8. The number of fused-ring (bicyclic) bond motifs is 17. The molecule has 0 bridgehead atoms. The highest BCUT2D eigenvalue weighted by Gasteiger charge is 2.68. The van der Waals surface area contributed by atoms with Gasteiger partial charge in [0, 0.05) is 6.42 Å². The Bertz CT molecular complexity index is 6340. The summed E-state index contributed by atoms with van der Waals surface area (Å²) in [6.07, 6.45) is -0.702. The molecule has 16 heterocycles. The van der Waals surface area contributed by atoms with Gasteiger partial charge >= 0.3 is 164 Å². The predicted molar refractivity (Wildman–Crippen MR) is 373 cm³/mol. The molecule has 4 aliphatic carbocycles. The molecule has 44 nitrogen and oxygen atoms in total. The van der Waals surface area contributed by atoms with Gasteiger partial charge in [-0.15, -0.1) is 0 Å². The second-order valence-corrected chi connectivity index (χ2v) is 30.9. The van der Waals surface area contributed by atoms with E-state index in [1.165, 1.54) is 0 Å². The number of esters is 20. The Hall–Kier alpha value is -15.1. The first-order chi connectivity index (χ1) is 58.5. The van der Waals surface area contributed by atoms with Gasteiger partial charge < -0.3 is 74.2 Å².